The molecule has 0 heterocycles. The summed E-state index contributed by atoms with van der Waals surface area (Å²) in [4.78, 5) is 0. The van der Waals surface area contributed by atoms with Gasteiger partial charge in [-0.3, -0.25) is 0 Å². The topological polar surface area (TPSA) is 9.23 Å². The molecule has 0 unspecified atom stereocenters. The van der Waals surface area contributed by atoms with E-state index in [1.807, 2.05) is 0 Å². The maximum Gasteiger partial charge on any atom is 0.456 e. The van der Waals surface area contributed by atoms with Crippen LogP contribution in [0.5, 0.6) is 0 Å². The third-order valence-electron chi connectivity index (χ3n) is 0.943. The van der Waals surface area contributed by atoms with Crippen molar-refractivity contribution in [3.05, 3.63) is 11.3 Å². The van der Waals surface area contributed by atoms with E-state index in [1.165, 1.54) is 0 Å². The van der Waals surface area contributed by atoms with Crippen molar-refractivity contribution in [3.63, 3.8) is 0 Å². The molecule has 9 heteroatoms. The van der Waals surface area contributed by atoms with Gasteiger partial charge in [0, 0.05) is 0 Å². The van der Waals surface area contributed by atoms with Crippen LogP contribution in [-0.4, -0.2) is 18.7 Å². The smallest absolute Gasteiger partial charge is 0.456 e. The van der Waals surface area contributed by atoms with Crippen LogP contribution >= 0.6 is 11.6 Å². The monoisotopic (exact) mass is 246 g/mol. The first-order valence-corrected chi connectivity index (χ1v) is 3.24. The first-order chi connectivity index (χ1) is 6.08. The zero-order valence-electron chi connectivity index (χ0n) is 6.14. The van der Waals surface area contributed by atoms with Crippen molar-refractivity contribution >= 4 is 11.6 Å². The minimum atomic E-state index is -5.89. The summed E-state index contributed by atoms with van der Waals surface area (Å²) in [5, 5.41) is -2.14. The van der Waals surface area contributed by atoms with Crippen molar-refractivity contribution in [2.24, 2.45) is 0 Å². The average Bonchev–Trinajstić information content (AvgIpc) is 1.97. The van der Waals surface area contributed by atoms with Crippen LogP contribution in [0.4, 0.5) is 30.7 Å². The molecule has 0 aromatic heterocycles. The van der Waals surface area contributed by atoms with Crippen molar-refractivity contribution in [3.8, 4) is 0 Å². The van der Waals surface area contributed by atoms with Crippen LogP contribution in [0.15, 0.2) is 11.3 Å². The van der Waals surface area contributed by atoms with E-state index in [2.05, 4.69) is 16.3 Å². The van der Waals surface area contributed by atoms with E-state index in [0.717, 1.165) is 0 Å². The molecule has 0 saturated heterocycles. The zero-order chi connectivity index (χ0) is 11.6. The second-order valence-electron chi connectivity index (χ2n) is 2.02. The van der Waals surface area contributed by atoms with Crippen molar-refractivity contribution in [2.45, 2.75) is 12.1 Å². The van der Waals surface area contributed by atoms with Gasteiger partial charge in [0.1, 0.15) is 0 Å². The summed E-state index contributed by atoms with van der Waals surface area (Å²) in [6.07, 6.45) is -5.89. The molecule has 14 heavy (non-hydrogen) atoms. The quantitative estimate of drug-likeness (QED) is 0.547. The second-order valence-corrected chi connectivity index (χ2v) is 2.36. The van der Waals surface area contributed by atoms with Gasteiger partial charge in [-0.25, -0.2) is 0 Å². The summed E-state index contributed by atoms with van der Waals surface area (Å²) in [5.41, 5.74) is 0. The van der Waals surface area contributed by atoms with Gasteiger partial charge in [0.25, 0.3) is 5.29 Å². The Balaban J connectivity index is 4.35. The molecule has 0 saturated carbocycles. The fourth-order valence-corrected chi connectivity index (χ4v) is 0.345. The molecule has 0 fully saturated rings. The number of ether oxygens (including phenoxy) is 1. The Hall–Kier alpha value is -0.660. The predicted octanol–water partition coefficient (Wildman–Crippen LogP) is 3.50. The number of hydrogen-bond donors (Lipinski definition) is 0. The van der Waals surface area contributed by atoms with Crippen molar-refractivity contribution in [1.29, 1.82) is 0 Å². The summed E-state index contributed by atoms with van der Waals surface area (Å²) in [6.45, 7) is -2.37. The lowest BCUT2D eigenvalue weighted by Crippen LogP contribution is -2.40. The van der Waals surface area contributed by atoms with E-state index in [0.29, 0.717) is 0 Å². The molecule has 0 aliphatic carbocycles. The first-order valence-electron chi connectivity index (χ1n) is 2.86. The Morgan fingerprint density at radius 1 is 1.07 bits per heavy atom. The molecule has 0 amide bonds. The van der Waals surface area contributed by atoms with Crippen molar-refractivity contribution < 1.29 is 35.5 Å². The third kappa shape index (κ3) is 3.60. The van der Waals surface area contributed by atoms with Crippen LogP contribution < -0.4 is 0 Å². The van der Waals surface area contributed by atoms with Crippen LogP contribution in [-0.2, 0) is 4.74 Å². The molecule has 0 atom stereocenters. The maximum atomic E-state index is 11.9. The van der Waals surface area contributed by atoms with Crippen LogP contribution in [0, 0.1) is 0 Å². The van der Waals surface area contributed by atoms with E-state index in [-0.39, 0.29) is 0 Å². The molecule has 0 aromatic carbocycles. The SMILES string of the molecule is FC(Cl)=C(F)OCC(F)(F)C(F)(F)F. The fraction of sp³-hybridized carbons (Fsp3) is 0.600. The Labute approximate surface area is 78.1 Å². The van der Waals surface area contributed by atoms with Gasteiger partial charge in [-0.1, -0.05) is 0 Å². The Bertz CT molecular complexity index is 229. The van der Waals surface area contributed by atoms with E-state index in [4.69, 9.17) is 0 Å². The van der Waals surface area contributed by atoms with Gasteiger partial charge in [-0.05, 0) is 11.6 Å². The Morgan fingerprint density at radius 3 is 1.79 bits per heavy atom. The molecule has 0 aliphatic heterocycles. The van der Waals surface area contributed by atoms with Gasteiger partial charge >= 0.3 is 18.1 Å². The molecule has 0 N–H and O–H groups in total. The second kappa shape index (κ2) is 4.24. The molecule has 0 radical (unpaired) electrons. The van der Waals surface area contributed by atoms with E-state index in [9.17, 15) is 30.7 Å². The lowest BCUT2D eigenvalue weighted by atomic mass is 10.3. The van der Waals surface area contributed by atoms with Crippen LogP contribution in [0.25, 0.3) is 0 Å². The van der Waals surface area contributed by atoms with Gasteiger partial charge < -0.3 is 4.74 Å². The first kappa shape index (κ1) is 13.3. The summed E-state index contributed by atoms with van der Waals surface area (Å²) >= 11 is 4.26. The highest BCUT2D eigenvalue weighted by Gasteiger charge is 2.58. The summed E-state index contributed by atoms with van der Waals surface area (Å²) < 4.78 is 84.7. The molecule has 0 spiro atoms. The summed E-state index contributed by atoms with van der Waals surface area (Å²) in [7, 11) is 0. The number of hydrogen-bond acceptors (Lipinski definition) is 1. The van der Waals surface area contributed by atoms with Gasteiger partial charge in [0.15, 0.2) is 6.61 Å². The number of rotatable bonds is 3. The maximum absolute atomic E-state index is 11.9. The molecular formula is C5H2ClF7O. The Kier molecular flexibility index (Phi) is 4.04. The average molecular weight is 247 g/mol. The minimum Gasteiger partial charge on any atom is -0.461 e. The van der Waals surface area contributed by atoms with E-state index < -0.39 is 30.0 Å². The van der Waals surface area contributed by atoms with Crippen LogP contribution in [0.3, 0.4) is 0 Å². The largest absolute Gasteiger partial charge is 0.461 e. The van der Waals surface area contributed by atoms with Gasteiger partial charge in [0.05, 0.1) is 0 Å². The minimum absolute atomic E-state index is 2.14. The highest BCUT2D eigenvalue weighted by Crippen LogP contribution is 2.36. The number of halogens is 8. The highest BCUT2D eigenvalue weighted by atomic mass is 35.5. The standard InChI is InChI=1S/C5H2ClF7O/c6-2(7)3(8)14-1-4(9,10)5(11,12)13/h1H2. The van der Waals surface area contributed by atoms with Gasteiger partial charge in [0.2, 0.25) is 0 Å². The highest BCUT2D eigenvalue weighted by molar-refractivity contribution is 6.28. The lowest BCUT2D eigenvalue weighted by molar-refractivity contribution is -0.295. The van der Waals surface area contributed by atoms with Crippen molar-refractivity contribution in [1.82, 2.24) is 0 Å². The normalized spacial score (nSPS) is 15.1. The van der Waals surface area contributed by atoms with Gasteiger partial charge in [-0.15, -0.1) is 0 Å². The van der Waals surface area contributed by atoms with E-state index in [1.54, 1.807) is 0 Å². The predicted molar refractivity (Wildman–Crippen MR) is 32.0 cm³/mol. The summed E-state index contributed by atoms with van der Waals surface area (Å²) in [5.74, 6) is -5.27. The zero-order valence-corrected chi connectivity index (χ0v) is 6.89. The molecule has 0 bridgehead atoms. The third-order valence-corrected chi connectivity index (χ3v) is 1.09. The number of alkyl halides is 5. The molecule has 1 nitrogen and oxygen atoms in total. The van der Waals surface area contributed by atoms with Crippen molar-refractivity contribution in [2.75, 3.05) is 6.61 Å². The fourth-order valence-electron chi connectivity index (χ4n) is 0.290. The van der Waals surface area contributed by atoms with Gasteiger partial charge in [-0.2, -0.15) is 30.7 Å². The molecule has 0 aliphatic rings. The summed E-state index contributed by atoms with van der Waals surface area (Å²) in [6, 6.07) is -2.32. The van der Waals surface area contributed by atoms with E-state index >= 15 is 0 Å². The molecule has 0 rings (SSSR count). The van der Waals surface area contributed by atoms with Crippen LogP contribution in [0.2, 0.25) is 0 Å². The molecular weight excluding hydrogens is 244 g/mol. The lowest BCUT2D eigenvalue weighted by Gasteiger charge is -2.18. The molecule has 0 aromatic rings. The Morgan fingerprint density at radius 2 is 1.50 bits per heavy atom. The molecule has 84 valence electrons. The van der Waals surface area contributed by atoms with Crippen LogP contribution in [0.1, 0.15) is 0 Å².